The highest BCUT2D eigenvalue weighted by atomic mass is 32.2. The summed E-state index contributed by atoms with van der Waals surface area (Å²) in [6.07, 6.45) is 1.41. The highest BCUT2D eigenvalue weighted by molar-refractivity contribution is 7.89. The predicted octanol–water partition coefficient (Wildman–Crippen LogP) is -0.341. The van der Waals surface area contributed by atoms with Crippen LogP contribution in [-0.4, -0.2) is 68.2 Å². The molecule has 104 valence electrons. The van der Waals surface area contributed by atoms with E-state index in [0.717, 1.165) is 12.8 Å². The smallest absolute Gasteiger partial charge is 0.251 e. The molecule has 1 amide bonds. The Balaban J connectivity index is 1.88. The predicted molar refractivity (Wildman–Crippen MR) is 66.6 cm³/mol. The molecule has 0 aromatic carbocycles. The van der Waals surface area contributed by atoms with Gasteiger partial charge in [0.2, 0.25) is 10.0 Å². The Kier molecular flexibility index (Phi) is 4.24. The van der Waals surface area contributed by atoms with Crippen molar-refractivity contribution in [3.63, 3.8) is 0 Å². The molecule has 0 unspecified atom stereocenters. The van der Waals surface area contributed by atoms with Gasteiger partial charge in [-0.15, -0.1) is 0 Å². The Morgan fingerprint density at radius 2 is 1.94 bits per heavy atom. The first-order valence-corrected chi connectivity index (χ1v) is 8.03. The van der Waals surface area contributed by atoms with Crippen LogP contribution in [-0.2, 0) is 19.6 Å². The van der Waals surface area contributed by atoms with Gasteiger partial charge in [-0.25, -0.2) is 8.42 Å². The number of amides is 1. The van der Waals surface area contributed by atoms with Gasteiger partial charge in [0.25, 0.3) is 5.91 Å². The van der Waals surface area contributed by atoms with Crippen LogP contribution in [0.3, 0.4) is 0 Å². The van der Waals surface area contributed by atoms with Crippen molar-refractivity contribution in [3.05, 3.63) is 0 Å². The maximum Gasteiger partial charge on any atom is 0.251 e. The fourth-order valence-electron chi connectivity index (χ4n) is 2.35. The van der Waals surface area contributed by atoms with E-state index in [2.05, 4.69) is 0 Å². The maximum absolute atomic E-state index is 12.1. The lowest BCUT2D eigenvalue weighted by Gasteiger charge is -2.34. The van der Waals surface area contributed by atoms with E-state index in [9.17, 15) is 13.2 Å². The van der Waals surface area contributed by atoms with E-state index >= 15 is 0 Å². The van der Waals surface area contributed by atoms with Crippen LogP contribution in [0, 0.1) is 0 Å². The molecule has 0 spiro atoms. The number of carbonyl (C=O) groups excluding carboxylic acids is 1. The lowest BCUT2D eigenvalue weighted by atomic mass is 10.2. The van der Waals surface area contributed by atoms with Gasteiger partial charge in [-0.05, 0) is 19.8 Å². The van der Waals surface area contributed by atoms with E-state index < -0.39 is 10.0 Å². The molecular weight excluding hydrogens is 256 g/mol. The van der Waals surface area contributed by atoms with Crippen LogP contribution in [0.5, 0.6) is 0 Å². The Labute approximate surface area is 108 Å². The SMILES string of the molecule is CCS(=O)(=O)N1CCN(C(=O)[C@@H]2CCCO2)CC1. The minimum absolute atomic E-state index is 0.0149. The first kappa shape index (κ1) is 13.8. The molecule has 0 bridgehead atoms. The highest BCUT2D eigenvalue weighted by Gasteiger charge is 2.32. The quantitative estimate of drug-likeness (QED) is 0.707. The number of rotatable bonds is 3. The van der Waals surface area contributed by atoms with Gasteiger partial charge in [0.1, 0.15) is 6.10 Å². The van der Waals surface area contributed by atoms with Crippen molar-refractivity contribution in [2.24, 2.45) is 0 Å². The zero-order chi connectivity index (χ0) is 13.2. The molecule has 2 rings (SSSR count). The summed E-state index contributed by atoms with van der Waals surface area (Å²) in [5, 5.41) is 0. The maximum atomic E-state index is 12.1. The molecule has 7 heteroatoms. The fraction of sp³-hybridized carbons (Fsp3) is 0.909. The van der Waals surface area contributed by atoms with Crippen LogP contribution in [0.25, 0.3) is 0 Å². The van der Waals surface area contributed by atoms with Crippen molar-refractivity contribution >= 4 is 15.9 Å². The summed E-state index contributed by atoms with van der Waals surface area (Å²) in [7, 11) is -3.13. The van der Waals surface area contributed by atoms with Gasteiger partial charge >= 0.3 is 0 Å². The van der Waals surface area contributed by atoms with E-state index in [0.29, 0.717) is 32.8 Å². The minimum atomic E-state index is -3.13. The Morgan fingerprint density at radius 3 is 2.44 bits per heavy atom. The lowest BCUT2D eigenvalue weighted by Crippen LogP contribution is -2.53. The van der Waals surface area contributed by atoms with Crippen LogP contribution in [0.15, 0.2) is 0 Å². The van der Waals surface area contributed by atoms with E-state index in [-0.39, 0.29) is 17.8 Å². The molecule has 0 N–H and O–H groups in total. The molecule has 0 aromatic heterocycles. The van der Waals surface area contributed by atoms with Crippen molar-refractivity contribution in [2.75, 3.05) is 38.5 Å². The van der Waals surface area contributed by atoms with Crippen molar-refractivity contribution in [1.82, 2.24) is 9.21 Å². The topological polar surface area (TPSA) is 66.9 Å². The highest BCUT2D eigenvalue weighted by Crippen LogP contribution is 2.16. The second kappa shape index (κ2) is 5.54. The van der Waals surface area contributed by atoms with Gasteiger partial charge in [-0.2, -0.15) is 4.31 Å². The molecular formula is C11H20N2O4S. The summed E-state index contributed by atoms with van der Waals surface area (Å²) < 4.78 is 30.2. The van der Waals surface area contributed by atoms with Crippen LogP contribution in [0.1, 0.15) is 19.8 Å². The van der Waals surface area contributed by atoms with Crippen molar-refractivity contribution < 1.29 is 17.9 Å². The minimum Gasteiger partial charge on any atom is -0.368 e. The van der Waals surface area contributed by atoms with Gasteiger partial charge in [-0.3, -0.25) is 4.79 Å². The number of sulfonamides is 1. The third kappa shape index (κ3) is 2.84. The average Bonchev–Trinajstić information content (AvgIpc) is 2.92. The van der Waals surface area contributed by atoms with E-state index in [4.69, 9.17) is 4.74 Å². The van der Waals surface area contributed by atoms with Crippen LogP contribution in [0.4, 0.5) is 0 Å². The Morgan fingerprint density at radius 1 is 1.28 bits per heavy atom. The number of nitrogens with zero attached hydrogens (tertiary/aromatic N) is 2. The second-order valence-corrected chi connectivity index (χ2v) is 6.88. The van der Waals surface area contributed by atoms with E-state index in [1.165, 1.54) is 4.31 Å². The van der Waals surface area contributed by atoms with Crippen LogP contribution >= 0.6 is 0 Å². The van der Waals surface area contributed by atoms with Crippen molar-refractivity contribution in [2.45, 2.75) is 25.9 Å². The van der Waals surface area contributed by atoms with Gasteiger partial charge in [-0.1, -0.05) is 0 Å². The standard InChI is InChI=1S/C11H20N2O4S/c1-2-18(15,16)13-7-5-12(6-8-13)11(14)10-4-3-9-17-10/h10H,2-9H2,1H3/t10-/m0/s1. The summed E-state index contributed by atoms with van der Waals surface area (Å²) in [5.74, 6) is 0.133. The molecule has 2 aliphatic heterocycles. The molecule has 2 fully saturated rings. The first-order chi connectivity index (χ1) is 8.54. The normalized spacial score (nSPS) is 26.5. The first-order valence-electron chi connectivity index (χ1n) is 6.43. The molecule has 0 radical (unpaired) electrons. The van der Waals surface area contributed by atoms with Crippen LogP contribution < -0.4 is 0 Å². The van der Waals surface area contributed by atoms with Gasteiger partial charge in [0.15, 0.2) is 0 Å². The lowest BCUT2D eigenvalue weighted by molar-refractivity contribution is -0.142. The largest absolute Gasteiger partial charge is 0.368 e. The molecule has 0 aromatic rings. The molecule has 0 saturated carbocycles. The van der Waals surface area contributed by atoms with E-state index in [1.807, 2.05) is 0 Å². The zero-order valence-corrected chi connectivity index (χ0v) is 11.5. The number of piperazine rings is 1. The molecule has 2 saturated heterocycles. The number of hydrogen-bond donors (Lipinski definition) is 0. The summed E-state index contributed by atoms with van der Waals surface area (Å²) in [5.41, 5.74) is 0. The summed E-state index contributed by atoms with van der Waals surface area (Å²) in [6, 6.07) is 0. The van der Waals surface area contributed by atoms with E-state index in [1.54, 1.807) is 11.8 Å². The summed E-state index contributed by atoms with van der Waals surface area (Å²) >= 11 is 0. The van der Waals surface area contributed by atoms with Gasteiger partial charge in [0, 0.05) is 32.8 Å². The Bertz CT molecular complexity index is 395. The van der Waals surface area contributed by atoms with Crippen molar-refractivity contribution in [1.29, 1.82) is 0 Å². The monoisotopic (exact) mass is 276 g/mol. The van der Waals surface area contributed by atoms with Gasteiger partial charge in [0.05, 0.1) is 5.75 Å². The van der Waals surface area contributed by atoms with Crippen molar-refractivity contribution in [3.8, 4) is 0 Å². The summed E-state index contributed by atoms with van der Waals surface area (Å²) in [4.78, 5) is 13.8. The molecule has 2 aliphatic rings. The zero-order valence-electron chi connectivity index (χ0n) is 10.7. The molecule has 2 heterocycles. The molecule has 1 atom stereocenters. The third-order valence-electron chi connectivity index (χ3n) is 3.51. The molecule has 18 heavy (non-hydrogen) atoms. The second-order valence-electron chi connectivity index (χ2n) is 4.63. The van der Waals surface area contributed by atoms with Gasteiger partial charge < -0.3 is 9.64 Å². The molecule has 0 aliphatic carbocycles. The number of hydrogen-bond acceptors (Lipinski definition) is 4. The number of ether oxygens (including phenoxy) is 1. The average molecular weight is 276 g/mol. The fourth-order valence-corrected chi connectivity index (χ4v) is 3.43. The number of carbonyl (C=O) groups is 1. The third-order valence-corrected chi connectivity index (χ3v) is 5.40. The van der Waals surface area contributed by atoms with Crippen LogP contribution in [0.2, 0.25) is 0 Å². The Hall–Kier alpha value is -0.660. The molecule has 6 nitrogen and oxygen atoms in total. The summed E-state index contributed by atoms with van der Waals surface area (Å²) in [6.45, 7) is 4.03.